The van der Waals surface area contributed by atoms with Crippen LogP contribution in [-0.2, 0) is 4.43 Å². The Bertz CT molecular complexity index is 472. The molecule has 1 aliphatic carbocycles. The summed E-state index contributed by atoms with van der Waals surface area (Å²) in [6, 6.07) is 11.1. The van der Waals surface area contributed by atoms with Gasteiger partial charge in [-0.2, -0.15) is 0 Å². The first-order valence-corrected chi connectivity index (χ1v) is 14.2. The topological polar surface area (TPSA) is 9.23 Å². The summed E-state index contributed by atoms with van der Waals surface area (Å²) in [6.07, 6.45) is 6.22. The minimum Gasteiger partial charge on any atom is -0.548 e. The van der Waals surface area contributed by atoms with Crippen LogP contribution in [0.2, 0.25) is 38.3 Å². The predicted octanol–water partition coefficient (Wildman–Crippen LogP) is 4.89. The van der Waals surface area contributed by atoms with Gasteiger partial charge in [0.05, 0.1) is 13.8 Å². The van der Waals surface area contributed by atoms with Crippen molar-refractivity contribution in [3.63, 3.8) is 0 Å². The molecule has 0 heterocycles. The summed E-state index contributed by atoms with van der Waals surface area (Å²) in [4.78, 5) is 0. The van der Waals surface area contributed by atoms with Gasteiger partial charge in [-0.25, -0.2) is 0 Å². The number of rotatable bonds is 4. The Hall–Kier alpha value is -0.806. The summed E-state index contributed by atoms with van der Waals surface area (Å²) in [5.41, 5.74) is 0.713. The maximum atomic E-state index is 6.26. The van der Waals surface area contributed by atoms with Gasteiger partial charge in [-0.15, -0.1) is 0 Å². The molecule has 110 valence electrons. The van der Waals surface area contributed by atoms with Gasteiger partial charge in [-0.05, 0) is 44.1 Å². The predicted molar refractivity (Wildman–Crippen MR) is 93.7 cm³/mol. The monoisotopic (exact) mass is 304 g/mol. The van der Waals surface area contributed by atoms with Crippen LogP contribution in [0, 0.1) is 0 Å². The van der Waals surface area contributed by atoms with E-state index >= 15 is 0 Å². The molecule has 0 saturated carbocycles. The molecule has 0 N–H and O–H groups in total. The molecule has 3 heteroatoms. The molecule has 1 aromatic carbocycles. The molecule has 0 saturated heterocycles. The molecule has 0 bridgehead atoms. The normalized spacial score (nSPS) is 20.4. The van der Waals surface area contributed by atoms with Crippen LogP contribution in [0.4, 0.5) is 0 Å². The van der Waals surface area contributed by atoms with E-state index in [1.54, 1.807) is 5.19 Å². The van der Waals surface area contributed by atoms with Crippen molar-refractivity contribution < 1.29 is 4.43 Å². The Balaban J connectivity index is 2.21. The molecule has 1 nitrogen and oxygen atoms in total. The third-order valence-corrected chi connectivity index (χ3v) is 9.21. The fourth-order valence-electron chi connectivity index (χ4n) is 3.02. The van der Waals surface area contributed by atoms with Crippen LogP contribution in [-0.4, -0.2) is 16.4 Å². The molecule has 0 radical (unpaired) electrons. The second-order valence-electron chi connectivity index (χ2n) is 7.43. The van der Waals surface area contributed by atoms with Gasteiger partial charge in [-0.1, -0.05) is 48.6 Å². The van der Waals surface area contributed by atoms with Gasteiger partial charge in [0.25, 0.3) is 0 Å². The maximum absolute atomic E-state index is 6.26. The Kier molecular flexibility index (Phi) is 4.60. The SMILES string of the molecule is C[Si](C)(C)OC1=CC([Si](C)(C)c2ccccc2)CCC1. The van der Waals surface area contributed by atoms with Crippen LogP contribution in [0.1, 0.15) is 19.3 Å². The molecule has 0 aliphatic heterocycles. The fraction of sp³-hybridized carbons (Fsp3) is 0.529. The standard InChI is InChI=1S/C17H28OSi2/c1-19(2,3)18-15-10-9-13-17(14-15)20(4,5)16-11-7-6-8-12-16/h6-8,11-12,14,17H,9-10,13H2,1-5H3. The third-order valence-electron chi connectivity index (χ3n) is 4.21. The van der Waals surface area contributed by atoms with Crippen molar-refractivity contribution in [1.29, 1.82) is 0 Å². The highest BCUT2D eigenvalue weighted by atomic mass is 28.4. The van der Waals surface area contributed by atoms with Gasteiger partial charge < -0.3 is 4.43 Å². The van der Waals surface area contributed by atoms with Crippen molar-refractivity contribution in [3.8, 4) is 0 Å². The van der Waals surface area contributed by atoms with Crippen molar-refractivity contribution in [2.75, 3.05) is 0 Å². The Morgan fingerprint density at radius 1 is 1.00 bits per heavy atom. The molecular weight excluding hydrogens is 276 g/mol. The van der Waals surface area contributed by atoms with E-state index in [-0.39, 0.29) is 0 Å². The van der Waals surface area contributed by atoms with Crippen LogP contribution < -0.4 is 5.19 Å². The van der Waals surface area contributed by atoms with Crippen molar-refractivity contribution in [2.45, 2.75) is 57.5 Å². The fourth-order valence-corrected chi connectivity index (χ4v) is 6.98. The van der Waals surface area contributed by atoms with E-state index in [1.807, 2.05) is 0 Å². The molecule has 1 aliphatic rings. The average molecular weight is 305 g/mol. The Morgan fingerprint density at radius 3 is 2.25 bits per heavy atom. The highest BCUT2D eigenvalue weighted by molar-refractivity contribution is 6.91. The van der Waals surface area contributed by atoms with Crippen LogP contribution in [0.15, 0.2) is 42.2 Å². The van der Waals surface area contributed by atoms with E-state index < -0.39 is 16.4 Å². The van der Waals surface area contributed by atoms with Crippen LogP contribution in [0.5, 0.6) is 0 Å². The maximum Gasteiger partial charge on any atom is 0.241 e. The summed E-state index contributed by atoms with van der Waals surface area (Å²) in [6.45, 7) is 11.8. The zero-order valence-corrected chi connectivity index (χ0v) is 15.6. The summed E-state index contributed by atoms with van der Waals surface area (Å²) >= 11 is 0. The smallest absolute Gasteiger partial charge is 0.241 e. The van der Waals surface area contributed by atoms with Crippen molar-refractivity contribution in [1.82, 2.24) is 0 Å². The molecule has 2 rings (SSSR count). The minimum absolute atomic E-state index is 0.713. The van der Waals surface area contributed by atoms with Crippen molar-refractivity contribution >= 4 is 21.6 Å². The quantitative estimate of drug-likeness (QED) is 0.720. The zero-order chi connectivity index (χ0) is 14.8. The summed E-state index contributed by atoms with van der Waals surface area (Å²) in [7, 11) is -2.90. The van der Waals surface area contributed by atoms with E-state index in [0.717, 1.165) is 6.42 Å². The Labute approximate surface area is 126 Å². The lowest BCUT2D eigenvalue weighted by molar-refractivity contribution is 0.379. The number of hydrogen-bond donors (Lipinski definition) is 0. The summed E-state index contributed by atoms with van der Waals surface area (Å²) in [5.74, 6) is 1.27. The van der Waals surface area contributed by atoms with Crippen molar-refractivity contribution in [3.05, 3.63) is 42.2 Å². The molecule has 1 atom stereocenters. The Morgan fingerprint density at radius 2 is 1.65 bits per heavy atom. The van der Waals surface area contributed by atoms with E-state index in [1.165, 1.54) is 18.6 Å². The molecule has 0 fully saturated rings. The van der Waals surface area contributed by atoms with Crippen LogP contribution in [0.3, 0.4) is 0 Å². The third kappa shape index (κ3) is 3.86. The highest BCUT2D eigenvalue weighted by Gasteiger charge is 2.34. The molecule has 0 amide bonds. The first-order chi connectivity index (χ1) is 9.29. The first kappa shape index (κ1) is 15.6. The van der Waals surface area contributed by atoms with Gasteiger partial charge in [0.1, 0.15) is 0 Å². The lowest BCUT2D eigenvalue weighted by Crippen LogP contribution is -2.46. The summed E-state index contributed by atoms with van der Waals surface area (Å²) < 4.78 is 6.26. The van der Waals surface area contributed by atoms with Gasteiger partial charge in [0, 0.05) is 6.42 Å². The summed E-state index contributed by atoms with van der Waals surface area (Å²) in [5, 5.41) is 1.57. The van der Waals surface area contributed by atoms with E-state index in [4.69, 9.17) is 4.43 Å². The van der Waals surface area contributed by atoms with Gasteiger partial charge in [0.15, 0.2) is 0 Å². The number of hydrogen-bond acceptors (Lipinski definition) is 1. The number of allylic oxidation sites excluding steroid dienone is 2. The van der Waals surface area contributed by atoms with Gasteiger partial charge >= 0.3 is 0 Å². The van der Waals surface area contributed by atoms with Crippen LogP contribution in [0.25, 0.3) is 0 Å². The van der Waals surface area contributed by atoms with E-state index in [2.05, 4.69) is 69.1 Å². The van der Waals surface area contributed by atoms with Gasteiger partial charge in [-0.3, -0.25) is 0 Å². The highest BCUT2D eigenvalue weighted by Crippen LogP contribution is 2.36. The molecular formula is C17H28OSi2. The van der Waals surface area contributed by atoms with E-state index in [0.29, 0.717) is 5.54 Å². The second-order valence-corrected chi connectivity index (χ2v) is 16.6. The second kappa shape index (κ2) is 5.90. The lowest BCUT2D eigenvalue weighted by Gasteiger charge is -2.35. The molecule has 1 aromatic rings. The molecule has 1 unspecified atom stereocenters. The average Bonchev–Trinajstić information content (AvgIpc) is 2.38. The molecule has 0 spiro atoms. The first-order valence-electron chi connectivity index (χ1n) is 7.74. The van der Waals surface area contributed by atoms with Crippen LogP contribution >= 0.6 is 0 Å². The largest absolute Gasteiger partial charge is 0.548 e. The minimum atomic E-state index is -1.47. The molecule has 20 heavy (non-hydrogen) atoms. The van der Waals surface area contributed by atoms with Gasteiger partial charge in [0.2, 0.25) is 8.32 Å². The molecule has 0 aromatic heterocycles. The van der Waals surface area contributed by atoms with E-state index in [9.17, 15) is 0 Å². The number of benzene rings is 1. The zero-order valence-electron chi connectivity index (χ0n) is 13.6. The lowest BCUT2D eigenvalue weighted by atomic mass is 10.1. The van der Waals surface area contributed by atoms with Crippen molar-refractivity contribution in [2.24, 2.45) is 0 Å².